The molecule has 3 rings (SSSR count). The average molecular weight is 337 g/mol. The Morgan fingerprint density at radius 3 is 2.76 bits per heavy atom. The smallest absolute Gasteiger partial charge is 0.265 e. The summed E-state index contributed by atoms with van der Waals surface area (Å²) in [5.41, 5.74) is 2.38. The Morgan fingerprint density at radius 1 is 1.28 bits per heavy atom. The molecule has 1 heterocycles. The Morgan fingerprint density at radius 2 is 2.08 bits per heavy atom. The van der Waals surface area contributed by atoms with Crippen molar-refractivity contribution < 1.29 is 14.6 Å². The molecule has 2 N–H and O–H groups in total. The highest BCUT2D eigenvalue weighted by atomic mass is 16.5. The zero-order chi connectivity index (χ0) is 17.6. The summed E-state index contributed by atoms with van der Waals surface area (Å²) in [7, 11) is 0. The molecule has 6 heteroatoms. The van der Waals surface area contributed by atoms with Crippen molar-refractivity contribution in [1.29, 1.82) is 0 Å². The van der Waals surface area contributed by atoms with Crippen molar-refractivity contribution in [3.63, 3.8) is 0 Å². The van der Waals surface area contributed by atoms with Gasteiger partial charge in [-0.3, -0.25) is 4.79 Å². The van der Waals surface area contributed by atoms with Gasteiger partial charge in [-0.15, -0.1) is 0 Å². The van der Waals surface area contributed by atoms with Gasteiger partial charge in [0.15, 0.2) is 6.10 Å². The molecule has 25 heavy (non-hydrogen) atoms. The molecule has 0 spiro atoms. The lowest BCUT2D eigenvalue weighted by Crippen LogP contribution is -2.30. The van der Waals surface area contributed by atoms with Gasteiger partial charge in [-0.05, 0) is 48.9 Å². The lowest BCUT2D eigenvalue weighted by molar-refractivity contribution is -0.122. The number of carbonyl (C=O) groups is 1. The molecule has 0 aliphatic rings. The number of amides is 1. The number of rotatable bonds is 6. The molecule has 1 aromatic heterocycles. The molecule has 3 aromatic rings. The van der Waals surface area contributed by atoms with Gasteiger partial charge in [0.25, 0.3) is 5.91 Å². The number of ether oxygens (including phenoxy) is 1. The van der Waals surface area contributed by atoms with Crippen LogP contribution in [-0.4, -0.2) is 26.7 Å². The van der Waals surface area contributed by atoms with Crippen LogP contribution < -0.4 is 10.1 Å². The lowest BCUT2D eigenvalue weighted by atomic mass is 10.2. The molecule has 0 bridgehead atoms. The summed E-state index contributed by atoms with van der Waals surface area (Å²) in [4.78, 5) is 16.3. The van der Waals surface area contributed by atoms with Gasteiger partial charge >= 0.3 is 0 Å². The van der Waals surface area contributed by atoms with E-state index in [9.17, 15) is 4.79 Å². The van der Waals surface area contributed by atoms with E-state index >= 15 is 0 Å². The van der Waals surface area contributed by atoms with Crippen molar-refractivity contribution in [2.75, 3.05) is 5.32 Å². The molecule has 1 atom stereocenters. The first-order chi connectivity index (χ1) is 12.2. The normalized spacial score (nSPS) is 11.8. The van der Waals surface area contributed by atoms with Gasteiger partial charge in [0.1, 0.15) is 5.75 Å². The van der Waals surface area contributed by atoms with E-state index in [0.29, 0.717) is 11.4 Å². The Labute approximate surface area is 145 Å². The number of carbonyl (C=O) groups excluding carboxylic acids is 1. The molecule has 0 saturated carbocycles. The monoisotopic (exact) mass is 337 g/mol. The van der Waals surface area contributed by atoms with Gasteiger partial charge in [-0.1, -0.05) is 12.1 Å². The van der Waals surface area contributed by atoms with E-state index in [2.05, 4.69) is 10.3 Å². The number of nitrogens with zero attached hydrogens (tertiary/aromatic N) is 2. The average Bonchev–Trinajstić information content (AvgIpc) is 3.17. The minimum Gasteiger partial charge on any atom is -0.481 e. The first-order valence-corrected chi connectivity index (χ1v) is 7.91. The molecule has 1 amide bonds. The van der Waals surface area contributed by atoms with E-state index in [4.69, 9.17) is 9.84 Å². The molecule has 6 nitrogen and oxygen atoms in total. The highest BCUT2D eigenvalue weighted by Gasteiger charge is 2.15. The van der Waals surface area contributed by atoms with Crippen molar-refractivity contribution in [3.8, 4) is 11.4 Å². The Bertz CT molecular complexity index is 829. The number of hydrogen-bond donors (Lipinski definition) is 2. The van der Waals surface area contributed by atoms with E-state index in [1.807, 2.05) is 35.0 Å². The first kappa shape index (κ1) is 16.7. The van der Waals surface area contributed by atoms with Gasteiger partial charge in [0, 0.05) is 23.8 Å². The molecular formula is C19H19N3O3. The van der Waals surface area contributed by atoms with Crippen LogP contribution in [0.4, 0.5) is 5.69 Å². The fourth-order valence-electron chi connectivity index (χ4n) is 2.35. The van der Waals surface area contributed by atoms with Crippen LogP contribution in [-0.2, 0) is 11.4 Å². The summed E-state index contributed by atoms with van der Waals surface area (Å²) in [6, 6.07) is 14.5. The Hall–Kier alpha value is -3.12. The number of nitrogens with one attached hydrogen (secondary N) is 1. The number of benzene rings is 2. The molecule has 1 unspecified atom stereocenters. The third kappa shape index (κ3) is 4.24. The number of aromatic nitrogens is 2. The molecule has 128 valence electrons. The van der Waals surface area contributed by atoms with Crippen LogP contribution in [0.5, 0.6) is 5.75 Å². The predicted octanol–water partition coefficient (Wildman–Crippen LogP) is 2.77. The van der Waals surface area contributed by atoms with Crippen molar-refractivity contribution in [2.45, 2.75) is 19.6 Å². The zero-order valence-electron chi connectivity index (χ0n) is 13.8. The van der Waals surface area contributed by atoms with Crippen LogP contribution >= 0.6 is 0 Å². The number of imidazole rings is 1. The van der Waals surface area contributed by atoms with Crippen LogP contribution in [0, 0.1) is 0 Å². The predicted molar refractivity (Wildman–Crippen MR) is 94.6 cm³/mol. The molecular weight excluding hydrogens is 318 g/mol. The minimum atomic E-state index is -0.665. The Balaban J connectivity index is 1.61. The van der Waals surface area contributed by atoms with E-state index < -0.39 is 6.10 Å². The first-order valence-electron chi connectivity index (χ1n) is 7.91. The minimum absolute atomic E-state index is 0.0684. The molecule has 0 saturated heterocycles. The maximum atomic E-state index is 12.3. The second kappa shape index (κ2) is 7.63. The lowest BCUT2D eigenvalue weighted by Gasteiger charge is -2.15. The standard InChI is InChI=1S/C19H19N3O3/c1-14(25-18-4-2-3-15(11-18)12-23)19(24)21-16-5-7-17(8-6-16)22-10-9-20-13-22/h2-11,13-14,23H,12H2,1H3,(H,21,24). The summed E-state index contributed by atoms with van der Waals surface area (Å²) in [6.07, 6.45) is 4.61. The number of aliphatic hydroxyl groups excluding tert-OH is 1. The van der Waals surface area contributed by atoms with Crippen molar-refractivity contribution >= 4 is 11.6 Å². The number of aliphatic hydroxyl groups is 1. The molecule has 2 aromatic carbocycles. The van der Waals surface area contributed by atoms with Gasteiger partial charge in [0.2, 0.25) is 0 Å². The maximum Gasteiger partial charge on any atom is 0.265 e. The summed E-state index contributed by atoms with van der Waals surface area (Å²) in [5.74, 6) is 0.300. The second-order valence-electron chi connectivity index (χ2n) is 5.57. The van der Waals surface area contributed by atoms with Crippen LogP contribution in [0.3, 0.4) is 0 Å². The van der Waals surface area contributed by atoms with Gasteiger partial charge in [-0.2, -0.15) is 0 Å². The van der Waals surface area contributed by atoms with E-state index in [0.717, 1.165) is 11.3 Å². The van der Waals surface area contributed by atoms with Crippen LogP contribution in [0.15, 0.2) is 67.3 Å². The third-order valence-corrected chi connectivity index (χ3v) is 3.70. The van der Waals surface area contributed by atoms with Crippen molar-refractivity contribution in [3.05, 3.63) is 72.8 Å². The topological polar surface area (TPSA) is 76.4 Å². The second-order valence-corrected chi connectivity index (χ2v) is 5.57. The largest absolute Gasteiger partial charge is 0.481 e. The summed E-state index contributed by atoms with van der Waals surface area (Å²) < 4.78 is 7.52. The molecule has 0 fully saturated rings. The van der Waals surface area contributed by atoms with E-state index in [-0.39, 0.29) is 12.5 Å². The highest BCUT2D eigenvalue weighted by molar-refractivity contribution is 5.94. The summed E-state index contributed by atoms with van der Waals surface area (Å²) in [5, 5.41) is 12.0. The third-order valence-electron chi connectivity index (χ3n) is 3.70. The molecule has 0 radical (unpaired) electrons. The summed E-state index contributed by atoms with van der Waals surface area (Å²) in [6.45, 7) is 1.61. The fourth-order valence-corrected chi connectivity index (χ4v) is 2.35. The van der Waals surface area contributed by atoms with Crippen molar-refractivity contribution in [2.24, 2.45) is 0 Å². The van der Waals surface area contributed by atoms with E-state index in [1.165, 1.54) is 0 Å². The maximum absolute atomic E-state index is 12.3. The van der Waals surface area contributed by atoms with Gasteiger partial charge < -0.3 is 19.7 Å². The van der Waals surface area contributed by atoms with Crippen LogP contribution in [0.1, 0.15) is 12.5 Å². The highest BCUT2D eigenvalue weighted by Crippen LogP contribution is 2.17. The SMILES string of the molecule is CC(Oc1cccc(CO)c1)C(=O)Nc1ccc(-n2ccnc2)cc1. The number of hydrogen-bond acceptors (Lipinski definition) is 4. The Kier molecular flexibility index (Phi) is 5.11. The summed E-state index contributed by atoms with van der Waals surface area (Å²) >= 11 is 0. The van der Waals surface area contributed by atoms with Gasteiger partial charge in [0.05, 0.1) is 12.9 Å². The fraction of sp³-hybridized carbons (Fsp3) is 0.158. The number of anilines is 1. The van der Waals surface area contributed by atoms with Crippen molar-refractivity contribution in [1.82, 2.24) is 9.55 Å². The van der Waals surface area contributed by atoms with Crippen LogP contribution in [0.2, 0.25) is 0 Å². The quantitative estimate of drug-likeness (QED) is 0.725. The van der Waals surface area contributed by atoms with E-state index in [1.54, 1.807) is 43.7 Å². The van der Waals surface area contributed by atoms with Crippen LogP contribution in [0.25, 0.3) is 5.69 Å². The molecule has 0 aliphatic carbocycles. The van der Waals surface area contributed by atoms with Gasteiger partial charge in [-0.25, -0.2) is 4.98 Å². The molecule has 0 aliphatic heterocycles. The zero-order valence-corrected chi connectivity index (χ0v) is 13.8.